The molecule has 0 bridgehead atoms. The van der Waals surface area contributed by atoms with Gasteiger partial charge in [-0.15, -0.1) is 0 Å². The van der Waals surface area contributed by atoms with Crippen LogP contribution in [-0.2, 0) is 6.18 Å². The minimum atomic E-state index is -4.52. The van der Waals surface area contributed by atoms with Crippen LogP contribution in [0.5, 0.6) is 0 Å². The van der Waals surface area contributed by atoms with E-state index >= 15 is 0 Å². The molecule has 134 valence electrons. The molecule has 0 atom stereocenters. The molecular weight excluding hydrogens is 359 g/mol. The number of alkyl halides is 3. The second-order valence-electron chi connectivity index (χ2n) is 5.70. The smallest absolute Gasteiger partial charge is 0.314 e. The number of hydrogen-bond donors (Lipinski definition) is 0. The second-order valence-corrected chi connectivity index (χ2v) is 6.76. The van der Waals surface area contributed by atoms with E-state index in [1.54, 1.807) is 36.2 Å². The van der Waals surface area contributed by atoms with Crippen molar-refractivity contribution in [3.05, 3.63) is 71.9 Å². The lowest BCUT2D eigenvalue weighted by molar-refractivity contribution is -0.140. The SMILES string of the molecule is Cc1cccc(N(C)c2ncc(C(F)(F)F)c(Sc3ccccc3)n2)c1. The van der Waals surface area contributed by atoms with Crippen molar-refractivity contribution in [2.45, 2.75) is 23.0 Å². The molecule has 0 aliphatic carbocycles. The highest BCUT2D eigenvalue weighted by atomic mass is 32.2. The van der Waals surface area contributed by atoms with Crippen LogP contribution in [0.3, 0.4) is 0 Å². The van der Waals surface area contributed by atoms with E-state index in [1.165, 1.54) is 0 Å². The lowest BCUT2D eigenvalue weighted by atomic mass is 10.2. The summed E-state index contributed by atoms with van der Waals surface area (Å²) in [5.74, 6) is 0.210. The standard InChI is InChI=1S/C19H16F3N3S/c1-13-7-6-8-14(11-13)25(2)18-23-12-16(19(20,21)22)17(24-18)26-15-9-4-3-5-10-15/h3-12H,1-2H3. The van der Waals surface area contributed by atoms with Crippen LogP contribution in [0.1, 0.15) is 11.1 Å². The summed E-state index contributed by atoms with van der Waals surface area (Å²) in [6, 6.07) is 16.5. The van der Waals surface area contributed by atoms with Crippen molar-refractivity contribution in [1.29, 1.82) is 0 Å². The molecule has 7 heteroatoms. The molecule has 0 spiro atoms. The molecule has 3 nitrogen and oxygen atoms in total. The quantitative estimate of drug-likeness (QED) is 0.545. The van der Waals surface area contributed by atoms with E-state index in [2.05, 4.69) is 9.97 Å². The van der Waals surface area contributed by atoms with Gasteiger partial charge in [0.05, 0.1) is 0 Å². The van der Waals surface area contributed by atoms with Crippen LogP contribution in [0, 0.1) is 6.92 Å². The minimum absolute atomic E-state index is 0.117. The number of benzene rings is 2. The topological polar surface area (TPSA) is 29.0 Å². The molecule has 3 rings (SSSR count). The highest BCUT2D eigenvalue weighted by molar-refractivity contribution is 7.99. The van der Waals surface area contributed by atoms with Gasteiger partial charge in [-0.1, -0.05) is 42.1 Å². The van der Waals surface area contributed by atoms with E-state index in [0.29, 0.717) is 4.90 Å². The van der Waals surface area contributed by atoms with Gasteiger partial charge in [-0.2, -0.15) is 13.2 Å². The molecule has 0 amide bonds. The first-order valence-electron chi connectivity index (χ1n) is 7.82. The summed E-state index contributed by atoms with van der Waals surface area (Å²) >= 11 is 0.973. The van der Waals surface area contributed by atoms with Gasteiger partial charge in [0.2, 0.25) is 5.95 Å². The van der Waals surface area contributed by atoms with E-state index in [4.69, 9.17) is 0 Å². The molecule has 1 heterocycles. The van der Waals surface area contributed by atoms with Gasteiger partial charge in [-0.3, -0.25) is 0 Å². The van der Waals surface area contributed by atoms with Crippen molar-refractivity contribution in [3.63, 3.8) is 0 Å². The van der Waals surface area contributed by atoms with Crippen molar-refractivity contribution in [2.24, 2.45) is 0 Å². The molecule has 0 saturated carbocycles. The van der Waals surface area contributed by atoms with Crippen molar-refractivity contribution in [1.82, 2.24) is 9.97 Å². The Bertz CT molecular complexity index is 898. The lowest BCUT2D eigenvalue weighted by Crippen LogP contribution is -2.16. The Morgan fingerprint density at radius 1 is 1.00 bits per heavy atom. The third-order valence-electron chi connectivity index (χ3n) is 3.69. The summed E-state index contributed by atoms with van der Waals surface area (Å²) in [7, 11) is 1.73. The van der Waals surface area contributed by atoms with E-state index in [-0.39, 0.29) is 11.0 Å². The third-order valence-corrected chi connectivity index (χ3v) is 4.71. The summed E-state index contributed by atoms with van der Waals surface area (Å²) in [6.07, 6.45) is -3.67. The van der Waals surface area contributed by atoms with Crippen molar-refractivity contribution in [3.8, 4) is 0 Å². The first-order valence-corrected chi connectivity index (χ1v) is 8.64. The maximum absolute atomic E-state index is 13.4. The van der Waals surface area contributed by atoms with Gasteiger partial charge in [-0.25, -0.2) is 9.97 Å². The van der Waals surface area contributed by atoms with Gasteiger partial charge in [0, 0.05) is 23.8 Å². The fraction of sp³-hybridized carbons (Fsp3) is 0.158. The molecule has 0 unspecified atom stereocenters. The summed E-state index contributed by atoms with van der Waals surface area (Å²) in [4.78, 5) is 10.5. The normalized spacial score (nSPS) is 11.4. The molecule has 0 saturated heterocycles. The summed E-state index contributed by atoms with van der Waals surface area (Å²) < 4.78 is 40.1. The lowest BCUT2D eigenvalue weighted by Gasteiger charge is -2.19. The summed E-state index contributed by atoms with van der Waals surface area (Å²) in [5.41, 5.74) is 1.01. The number of aromatic nitrogens is 2. The predicted octanol–water partition coefficient (Wildman–Crippen LogP) is 5.72. The number of aryl methyl sites for hydroxylation is 1. The largest absolute Gasteiger partial charge is 0.420 e. The van der Waals surface area contributed by atoms with Crippen LogP contribution in [0.25, 0.3) is 0 Å². The monoisotopic (exact) mass is 375 g/mol. The number of nitrogens with zero attached hydrogens (tertiary/aromatic N) is 3. The summed E-state index contributed by atoms with van der Waals surface area (Å²) in [5, 5.41) is -0.117. The molecule has 3 aromatic rings. The van der Waals surface area contributed by atoms with Gasteiger partial charge in [-0.05, 0) is 36.8 Å². The molecule has 0 aliphatic heterocycles. The molecule has 0 aliphatic rings. The Kier molecular flexibility index (Phi) is 5.18. The van der Waals surface area contributed by atoms with Crippen LogP contribution in [0.2, 0.25) is 0 Å². The highest BCUT2D eigenvalue weighted by Gasteiger charge is 2.35. The van der Waals surface area contributed by atoms with Gasteiger partial charge >= 0.3 is 6.18 Å². The first-order chi connectivity index (χ1) is 12.3. The fourth-order valence-corrected chi connectivity index (χ4v) is 3.27. The second kappa shape index (κ2) is 7.37. The zero-order valence-electron chi connectivity index (χ0n) is 14.2. The van der Waals surface area contributed by atoms with E-state index < -0.39 is 11.7 Å². The van der Waals surface area contributed by atoms with E-state index in [1.807, 2.05) is 37.3 Å². The van der Waals surface area contributed by atoms with Crippen LogP contribution in [0.15, 0.2) is 70.7 Å². The summed E-state index contributed by atoms with van der Waals surface area (Å²) in [6.45, 7) is 1.95. The Balaban J connectivity index is 2.01. The Hall–Kier alpha value is -2.54. The average molecular weight is 375 g/mol. The number of halogens is 3. The highest BCUT2D eigenvalue weighted by Crippen LogP contribution is 2.39. The fourth-order valence-electron chi connectivity index (χ4n) is 2.34. The predicted molar refractivity (Wildman–Crippen MR) is 96.8 cm³/mol. The van der Waals surface area contributed by atoms with Crippen molar-refractivity contribution in [2.75, 3.05) is 11.9 Å². The molecule has 1 aromatic heterocycles. The maximum atomic E-state index is 13.4. The average Bonchev–Trinajstić information content (AvgIpc) is 2.61. The Morgan fingerprint density at radius 3 is 2.38 bits per heavy atom. The minimum Gasteiger partial charge on any atom is -0.314 e. The molecule has 2 aromatic carbocycles. The van der Waals surface area contributed by atoms with E-state index in [9.17, 15) is 13.2 Å². The van der Waals surface area contributed by atoms with Crippen LogP contribution >= 0.6 is 11.8 Å². The van der Waals surface area contributed by atoms with Crippen molar-refractivity contribution < 1.29 is 13.2 Å². The van der Waals surface area contributed by atoms with Crippen LogP contribution in [-0.4, -0.2) is 17.0 Å². The molecular formula is C19H16F3N3S. The van der Waals surface area contributed by atoms with Crippen LogP contribution < -0.4 is 4.90 Å². The van der Waals surface area contributed by atoms with Gasteiger partial charge < -0.3 is 4.90 Å². The Morgan fingerprint density at radius 2 is 1.73 bits per heavy atom. The molecule has 0 radical (unpaired) electrons. The van der Waals surface area contributed by atoms with Gasteiger partial charge in [0.25, 0.3) is 0 Å². The molecule has 26 heavy (non-hydrogen) atoms. The molecule has 0 fully saturated rings. The number of hydrogen-bond acceptors (Lipinski definition) is 4. The van der Waals surface area contributed by atoms with Crippen LogP contribution in [0.4, 0.5) is 24.8 Å². The first kappa shape index (κ1) is 18.3. The third kappa shape index (κ3) is 4.16. The molecule has 0 N–H and O–H groups in total. The zero-order valence-corrected chi connectivity index (χ0v) is 15.0. The number of rotatable bonds is 4. The maximum Gasteiger partial charge on any atom is 0.420 e. The van der Waals surface area contributed by atoms with E-state index in [0.717, 1.165) is 29.2 Å². The zero-order chi connectivity index (χ0) is 18.7. The van der Waals surface area contributed by atoms with Crippen molar-refractivity contribution >= 4 is 23.4 Å². The Labute approximate surface area is 153 Å². The van der Waals surface area contributed by atoms with Gasteiger partial charge in [0.1, 0.15) is 10.6 Å². The van der Waals surface area contributed by atoms with Gasteiger partial charge in [0.15, 0.2) is 0 Å². The number of anilines is 2.